The Hall–Kier alpha value is -1.72. The molecule has 0 bridgehead atoms. The Morgan fingerprint density at radius 1 is 1.17 bits per heavy atom. The van der Waals surface area contributed by atoms with E-state index < -0.39 is 34.5 Å². The molecule has 2 rings (SSSR count). The monoisotopic (exact) mass is 260 g/mol. The van der Waals surface area contributed by atoms with Crippen LogP contribution < -0.4 is 9.47 Å². The van der Waals surface area contributed by atoms with E-state index in [1.807, 2.05) is 0 Å². The van der Waals surface area contributed by atoms with Crippen molar-refractivity contribution in [1.29, 1.82) is 0 Å². The normalized spacial score (nSPS) is 14.4. The van der Waals surface area contributed by atoms with Crippen molar-refractivity contribution in [3.8, 4) is 11.5 Å². The summed E-state index contributed by atoms with van der Waals surface area (Å²) in [5.41, 5.74) is -0.661. The van der Waals surface area contributed by atoms with E-state index in [9.17, 15) is 18.0 Å². The van der Waals surface area contributed by atoms with Crippen molar-refractivity contribution in [2.75, 3.05) is 13.7 Å². The Bertz CT molecular complexity index is 484. The molecule has 1 saturated carbocycles. The van der Waals surface area contributed by atoms with E-state index >= 15 is 0 Å². The van der Waals surface area contributed by atoms with Crippen molar-refractivity contribution in [3.63, 3.8) is 0 Å². The smallest absolute Gasteiger partial charge is 0.207 e. The molecule has 1 aliphatic rings. The molecule has 0 atom stereocenters. The van der Waals surface area contributed by atoms with Gasteiger partial charge >= 0.3 is 0 Å². The average molecular weight is 260 g/mol. The lowest BCUT2D eigenvalue weighted by Gasteiger charge is -2.13. The van der Waals surface area contributed by atoms with E-state index in [1.165, 1.54) is 0 Å². The van der Waals surface area contributed by atoms with E-state index in [-0.39, 0.29) is 18.8 Å². The predicted molar refractivity (Wildman–Crippen MR) is 56.5 cm³/mol. The third kappa shape index (κ3) is 2.14. The van der Waals surface area contributed by atoms with Gasteiger partial charge in [-0.2, -0.15) is 8.78 Å². The van der Waals surface area contributed by atoms with Crippen molar-refractivity contribution in [3.05, 3.63) is 23.0 Å². The topological polar surface area (TPSA) is 35.5 Å². The van der Waals surface area contributed by atoms with Gasteiger partial charge in [-0.15, -0.1) is 0 Å². The molecule has 0 saturated heterocycles. The number of rotatable bonds is 5. The van der Waals surface area contributed by atoms with E-state index in [0.29, 0.717) is 0 Å². The van der Waals surface area contributed by atoms with Crippen LogP contribution in [0.5, 0.6) is 11.5 Å². The van der Waals surface area contributed by atoms with Gasteiger partial charge in [0.05, 0.1) is 19.3 Å². The highest BCUT2D eigenvalue weighted by Crippen LogP contribution is 2.36. The molecular formula is C12H11F3O3. The molecule has 18 heavy (non-hydrogen) atoms. The number of hydrogen-bond donors (Lipinski definition) is 0. The van der Waals surface area contributed by atoms with Gasteiger partial charge in [-0.1, -0.05) is 0 Å². The summed E-state index contributed by atoms with van der Waals surface area (Å²) >= 11 is 0. The van der Waals surface area contributed by atoms with Crippen molar-refractivity contribution in [1.82, 2.24) is 0 Å². The number of benzene rings is 1. The third-order valence-corrected chi connectivity index (χ3v) is 2.75. The summed E-state index contributed by atoms with van der Waals surface area (Å²) in [4.78, 5) is 10.8. The Balaban J connectivity index is 2.44. The molecule has 1 aromatic rings. The molecule has 0 unspecified atom stereocenters. The minimum Gasteiger partial charge on any atom is -0.491 e. The van der Waals surface area contributed by atoms with Gasteiger partial charge in [-0.25, -0.2) is 4.39 Å². The quantitative estimate of drug-likeness (QED) is 0.603. The fourth-order valence-electron chi connectivity index (χ4n) is 1.55. The van der Waals surface area contributed by atoms with E-state index in [2.05, 4.69) is 4.74 Å². The first-order valence-corrected chi connectivity index (χ1v) is 5.42. The fraction of sp³-hybridized carbons (Fsp3) is 0.417. The lowest BCUT2D eigenvalue weighted by atomic mass is 10.1. The van der Waals surface area contributed by atoms with Gasteiger partial charge in [0.2, 0.25) is 11.6 Å². The van der Waals surface area contributed by atoms with Crippen LogP contribution in [-0.4, -0.2) is 20.0 Å². The maximum atomic E-state index is 13.7. The molecular weight excluding hydrogens is 249 g/mol. The fourth-order valence-corrected chi connectivity index (χ4v) is 1.55. The van der Waals surface area contributed by atoms with E-state index in [4.69, 9.17) is 4.74 Å². The van der Waals surface area contributed by atoms with Crippen LogP contribution in [0.25, 0.3) is 0 Å². The van der Waals surface area contributed by atoms with Crippen molar-refractivity contribution in [2.24, 2.45) is 5.92 Å². The van der Waals surface area contributed by atoms with Gasteiger partial charge in [-0.05, 0) is 18.8 Å². The molecule has 0 N–H and O–H groups in total. The predicted octanol–water partition coefficient (Wildman–Crippen LogP) is 2.71. The van der Waals surface area contributed by atoms with Crippen molar-refractivity contribution < 1.29 is 27.4 Å². The average Bonchev–Trinajstić information content (AvgIpc) is 3.16. The summed E-state index contributed by atoms with van der Waals surface area (Å²) in [6, 6.07) is 0. The van der Waals surface area contributed by atoms with Crippen LogP contribution in [0.4, 0.5) is 13.2 Å². The molecule has 1 fully saturated rings. The van der Waals surface area contributed by atoms with Crippen LogP contribution in [-0.2, 0) is 0 Å². The van der Waals surface area contributed by atoms with Crippen LogP contribution in [0.15, 0.2) is 0 Å². The minimum absolute atomic E-state index is 0.0859. The summed E-state index contributed by atoms with van der Waals surface area (Å²) in [6.45, 7) is 0.142. The molecule has 1 aliphatic carbocycles. The summed E-state index contributed by atoms with van der Waals surface area (Å²) < 4.78 is 50.1. The zero-order valence-electron chi connectivity index (χ0n) is 9.63. The molecule has 0 heterocycles. The Morgan fingerprint density at radius 3 is 2.28 bits per heavy atom. The number of carbonyl (C=O) groups excluding carboxylic acids is 1. The standard InChI is InChI=1S/C12H11F3O3/c1-17-12-8(13)7(4-16)11(9(14)10(12)15)18-5-6-2-3-6/h4,6H,2-3,5H2,1H3. The maximum absolute atomic E-state index is 13.7. The molecule has 0 aliphatic heterocycles. The second-order valence-corrected chi connectivity index (χ2v) is 4.09. The van der Waals surface area contributed by atoms with Gasteiger partial charge in [0, 0.05) is 0 Å². The molecule has 0 spiro atoms. The Labute approximate surface area is 102 Å². The van der Waals surface area contributed by atoms with Crippen LogP contribution >= 0.6 is 0 Å². The summed E-state index contributed by atoms with van der Waals surface area (Å²) in [6.07, 6.45) is 1.95. The summed E-state index contributed by atoms with van der Waals surface area (Å²) in [5.74, 6) is -5.50. The maximum Gasteiger partial charge on any atom is 0.207 e. The number of aldehydes is 1. The number of methoxy groups -OCH3 is 1. The first kappa shape index (κ1) is 12.7. The Morgan fingerprint density at radius 2 is 1.78 bits per heavy atom. The molecule has 0 radical (unpaired) electrons. The highest BCUT2D eigenvalue weighted by atomic mass is 19.2. The summed E-state index contributed by atoms with van der Waals surface area (Å²) in [7, 11) is 0.986. The minimum atomic E-state index is -1.49. The van der Waals surface area contributed by atoms with Gasteiger partial charge in [0.15, 0.2) is 23.6 Å². The molecule has 0 amide bonds. The van der Waals surface area contributed by atoms with Crippen molar-refractivity contribution in [2.45, 2.75) is 12.8 Å². The number of carbonyl (C=O) groups is 1. The molecule has 1 aromatic carbocycles. The first-order valence-electron chi connectivity index (χ1n) is 5.42. The highest BCUT2D eigenvalue weighted by molar-refractivity contribution is 5.81. The van der Waals surface area contributed by atoms with Gasteiger partial charge in [0.1, 0.15) is 0 Å². The van der Waals surface area contributed by atoms with Gasteiger partial charge in [0.25, 0.3) is 0 Å². The first-order chi connectivity index (χ1) is 8.60. The second-order valence-electron chi connectivity index (χ2n) is 4.09. The van der Waals surface area contributed by atoms with Crippen LogP contribution in [0.3, 0.4) is 0 Å². The number of halogens is 3. The van der Waals surface area contributed by atoms with E-state index in [0.717, 1.165) is 20.0 Å². The SMILES string of the molecule is COc1c(F)c(F)c(OCC2CC2)c(C=O)c1F. The van der Waals surface area contributed by atoms with Gasteiger partial charge < -0.3 is 9.47 Å². The van der Waals surface area contributed by atoms with Crippen molar-refractivity contribution >= 4 is 6.29 Å². The number of hydrogen-bond acceptors (Lipinski definition) is 3. The van der Waals surface area contributed by atoms with Crippen LogP contribution in [0.1, 0.15) is 23.2 Å². The zero-order valence-corrected chi connectivity index (χ0v) is 9.63. The third-order valence-electron chi connectivity index (χ3n) is 2.75. The van der Waals surface area contributed by atoms with Crippen LogP contribution in [0.2, 0.25) is 0 Å². The largest absolute Gasteiger partial charge is 0.491 e. The zero-order chi connectivity index (χ0) is 13.3. The Kier molecular flexibility index (Phi) is 3.45. The molecule has 98 valence electrons. The van der Waals surface area contributed by atoms with Gasteiger partial charge in [-0.3, -0.25) is 4.79 Å². The van der Waals surface area contributed by atoms with E-state index in [1.54, 1.807) is 0 Å². The summed E-state index contributed by atoms with van der Waals surface area (Å²) in [5, 5.41) is 0. The lowest BCUT2D eigenvalue weighted by Crippen LogP contribution is -2.09. The molecule has 0 aromatic heterocycles. The highest BCUT2D eigenvalue weighted by Gasteiger charge is 2.29. The lowest BCUT2D eigenvalue weighted by molar-refractivity contribution is 0.111. The van der Waals surface area contributed by atoms with Crippen LogP contribution in [0, 0.1) is 23.4 Å². The number of ether oxygens (including phenoxy) is 2. The molecule has 6 heteroatoms. The second kappa shape index (κ2) is 4.88. The molecule has 3 nitrogen and oxygen atoms in total.